The number of benzene rings is 1. The second-order valence-corrected chi connectivity index (χ2v) is 5.77. The number of urea groups is 1. The zero-order chi connectivity index (χ0) is 16.9. The van der Waals surface area contributed by atoms with Crippen LogP contribution in [0.3, 0.4) is 0 Å². The van der Waals surface area contributed by atoms with E-state index in [-0.39, 0.29) is 12.1 Å². The Bertz CT molecular complexity index is 796. The minimum Gasteiger partial charge on any atom is -0.467 e. The third kappa shape index (κ3) is 3.97. The Hall–Kier alpha value is -2.73. The van der Waals surface area contributed by atoms with E-state index < -0.39 is 0 Å². The molecule has 1 atom stereocenters. The van der Waals surface area contributed by atoms with Gasteiger partial charge in [0.05, 0.1) is 24.2 Å². The number of rotatable bonds is 5. The number of carbonyl (C=O) groups is 1. The van der Waals surface area contributed by atoms with Crippen molar-refractivity contribution in [2.24, 2.45) is 0 Å². The van der Waals surface area contributed by atoms with E-state index in [0.717, 1.165) is 11.3 Å². The lowest BCUT2D eigenvalue weighted by Crippen LogP contribution is -2.36. The number of nitrogens with one attached hydrogen (secondary N) is 2. The van der Waals surface area contributed by atoms with Crippen LogP contribution in [0.2, 0.25) is 5.02 Å². The van der Waals surface area contributed by atoms with E-state index >= 15 is 0 Å². The van der Waals surface area contributed by atoms with Gasteiger partial charge in [0, 0.05) is 23.3 Å². The zero-order valence-electron chi connectivity index (χ0n) is 13.1. The van der Waals surface area contributed by atoms with Crippen LogP contribution in [0.5, 0.6) is 0 Å². The smallest absolute Gasteiger partial charge is 0.315 e. The predicted octanol–water partition coefficient (Wildman–Crippen LogP) is 3.68. The summed E-state index contributed by atoms with van der Waals surface area (Å²) in [4.78, 5) is 11.9. The normalized spacial score (nSPS) is 11.9. The molecule has 0 saturated heterocycles. The summed E-state index contributed by atoms with van der Waals surface area (Å²) >= 11 is 5.88. The predicted molar refractivity (Wildman–Crippen MR) is 91.1 cm³/mol. The van der Waals surface area contributed by atoms with Crippen molar-refractivity contribution in [2.45, 2.75) is 19.5 Å². The molecule has 2 N–H and O–H groups in total. The zero-order valence-corrected chi connectivity index (χ0v) is 13.8. The molecule has 2 aromatic heterocycles. The van der Waals surface area contributed by atoms with E-state index in [1.54, 1.807) is 35.3 Å². The first kappa shape index (κ1) is 16.1. The number of aromatic nitrogens is 2. The lowest BCUT2D eigenvalue weighted by Gasteiger charge is -2.12. The van der Waals surface area contributed by atoms with Crippen molar-refractivity contribution in [2.75, 3.05) is 0 Å². The molecule has 0 bridgehead atoms. The maximum atomic E-state index is 11.9. The van der Waals surface area contributed by atoms with Crippen molar-refractivity contribution >= 4 is 17.6 Å². The first-order chi connectivity index (χ1) is 11.6. The second-order valence-electron chi connectivity index (χ2n) is 5.33. The average Bonchev–Trinajstić information content (AvgIpc) is 3.25. The van der Waals surface area contributed by atoms with E-state index in [0.29, 0.717) is 17.3 Å². The van der Waals surface area contributed by atoms with Gasteiger partial charge in [0.1, 0.15) is 5.76 Å². The molecule has 1 unspecified atom stereocenters. The van der Waals surface area contributed by atoms with Gasteiger partial charge < -0.3 is 15.1 Å². The van der Waals surface area contributed by atoms with Crippen LogP contribution in [0.4, 0.5) is 4.79 Å². The van der Waals surface area contributed by atoms with E-state index in [9.17, 15) is 4.79 Å². The minimum absolute atomic E-state index is 0.197. The topological polar surface area (TPSA) is 72.1 Å². The molecule has 124 valence electrons. The molecule has 0 aliphatic carbocycles. The quantitative estimate of drug-likeness (QED) is 0.741. The van der Waals surface area contributed by atoms with Gasteiger partial charge in [-0.2, -0.15) is 5.10 Å². The Morgan fingerprint density at radius 3 is 2.83 bits per heavy atom. The van der Waals surface area contributed by atoms with Gasteiger partial charge in [0.2, 0.25) is 0 Å². The molecular formula is C17H17ClN4O2. The van der Waals surface area contributed by atoms with Crippen molar-refractivity contribution in [3.63, 3.8) is 0 Å². The lowest BCUT2D eigenvalue weighted by molar-refractivity contribution is 0.235. The molecule has 0 fully saturated rings. The Labute approximate surface area is 144 Å². The molecule has 0 aliphatic heterocycles. The van der Waals surface area contributed by atoms with Crippen LogP contribution < -0.4 is 10.6 Å². The molecule has 1 aromatic carbocycles. The number of nitrogens with zero attached hydrogens (tertiary/aromatic N) is 2. The largest absolute Gasteiger partial charge is 0.467 e. The fraction of sp³-hybridized carbons (Fsp3) is 0.176. The molecule has 0 aliphatic rings. The number of hydrogen-bond acceptors (Lipinski definition) is 3. The molecule has 6 nitrogen and oxygen atoms in total. The van der Waals surface area contributed by atoms with Crippen molar-refractivity contribution in [3.8, 4) is 5.69 Å². The highest BCUT2D eigenvalue weighted by molar-refractivity contribution is 6.30. The van der Waals surface area contributed by atoms with Crippen molar-refractivity contribution in [1.29, 1.82) is 0 Å². The lowest BCUT2D eigenvalue weighted by atomic mass is 10.2. The molecular weight excluding hydrogens is 328 g/mol. The molecule has 7 heteroatoms. The summed E-state index contributed by atoms with van der Waals surface area (Å²) in [5.41, 5.74) is 1.80. The molecule has 0 radical (unpaired) electrons. The van der Waals surface area contributed by atoms with Crippen molar-refractivity contribution in [1.82, 2.24) is 20.4 Å². The summed E-state index contributed by atoms with van der Waals surface area (Å²) in [6.07, 6.45) is 5.15. The van der Waals surface area contributed by atoms with Crippen LogP contribution in [0.15, 0.2) is 59.5 Å². The number of halogens is 1. The summed E-state index contributed by atoms with van der Waals surface area (Å²) in [6.45, 7) is 2.24. The van der Waals surface area contributed by atoms with Crippen LogP contribution in [-0.2, 0) is 6.54 Å². The Balaban J connectivity index is 1.53. The van der Waals surface area contributed by atoms with E-state index in [1.807, 2.05) is 31.3 Å². The molecule has 24 heavy (non-hydrogen) atoms. The summed E-state index contributed by atoms with van der Waals surface area (Å²) in [6, 6.07) is 10.5. The Morgan fingerprint density at radius 1 is 1.33 bits per heavy atom. The summed E-state index contributed by atoms with van der Waals surface area (Å²) in [5, 5.41) is 10.6. The third-order valence-corrected chi connectivity index (χ3v) is 3.75. The SMILES string of the molecule is CC(NC(=O)NCc1cnn(-c2ccc(Cl)cc2)c1)c1ccco1. The van der Waals surface area contributed by atoms with Gasteiger partial charge in [-0.25, -0.2) is 9.48 Å². The monoisotopic (exact) mass is 344 g/mol. The van der Waals surface area contributed by atoms with Crippen molar-refractivity contribution < 1.29 is 9.21 Å². The highest BCUT2D eigenvalue weighted by Crippen LogP contribution is 2.14. The fourth-order valence-corrected chi connectivity index (χ4v) is 2.35. The van der Waals surface area contributed by atoms with Gasteiger partial charge in [-0.1, -0.05) is 11.6 Å². The fourth-order valence-electron chi connectivity index (χ4n) is 2.23. The number of amides is 2. The Morgan fingerprint density at radius 2 is 2.12 bits per heavy atom. The van der Waals surface area contributed by atoms with Gasteiger partial charge in [-0.15, -0.1) is 0 Å². The van der Waals surface area contributed by atoms with Crippen LogP contribution in [-0.4, -0.2) is 15.8 Å². The molecule has 0 spiro atoms. The molecule has 0 saturated carbocycles. The van der Waals surface area contributed by atoms with Gasteiger partial charge in [0.25, 0.3) is 0 Å². The summed E-state index contributed by atoms with van der Waals surface area (Å²) in [5.74, 6) is 0.709. The molecule has 2 heterocycles. The molecule has 3 aromatic rings. The minimum atomic E-state index is -0.266. The van der Waals surface area contributed by atoms with E-state index in [4.69, 9.17) is 16.0 Å². The van der Waals surface area contributed by atoms with E-state index in [1.165, 1.54) is 0 Å². The first-order valence-corrected chi connectivity index (χ1v) is 7.87. The highest BCUT2D eigenvalue weighted by atomic mass is 35.5. The number of furan rings is 1. The number of carbonyl (C=O) groups excluding carboxylic acids is 1. The van der Waals surface area contributed by atoms with Gasteiger partial charge in [-0.05, 0) is 43.3 Å². The van der Waals surface area contributed by atoms with Crippen LogP contribution in [0.25, 0.3) is 5.69 Å². The van der Waals surface area contributed by atoms with Crippen molar-refractivity contribution in [3.05, 3.63) is 71.4 Å². The standard InChI is InChI=1S/C17H17ClN4O2/c1-12(16-3-2-8-24-16)21-17(23)19-9-13-10-20-22(11-13)15-6-4-14(18)5-7-15/h2-8,10-12H,9H2,1H3,(H2,19,21,23). The van der Waals surface area contributed by atoms with Gasteiger partial charge >= 0.3 is 6.03 Å². The molecule has 2 amide bonds. The summed E-state index contributed by atoms with van der Waals surface area (Å²) < 4.78 is 6.99. The van der Waals surface area contributed by atoms with E-state index in [2.05, 4.69) is 15.7 Å². The number of hydrogen-bond donors (Lipinski definition) is 2. The van der Waals surface area contributed by atoms with Gasteiger partial charge in [-0.3, -0.25) is 0 Å². The molecule has 3 rings (SSSR count). The summed E-state index contributed by atoms with van der Waals surface area (Å²) in [7, 11) is 0. The Kier molecular flexibility index (Phi) is 4.86. The third-order valence-electron chi connectivity index (χ3n) is 3.50. The second kappa shape index (κ2) is 7.23. The average molecular weight is 345 g/mol. The highest BCUT2D eigenvalue weighted by Gasteiger charge is 2.11. The first-order valence-electron chi connectivity index (χ1n) is 7.49. The maximum Gasteiger partial charge on any atom is 0.315 e. The van der Waals surface area contributed by atoms with Crippen LogP contribution >= 0.6 is 11.6 Å². The van der Waals surface area contributed by atoms with Gasteiger partial charge in [0.15, 0.2) is 0 Å². The van der Waals surface area contributed by atoms with Crippen LogP contribution in [0, 0.1) is 0 Å². The van der Waals surface area contributed by atoms with Crippen LogP contribution in [0.1, 0.15) is 24.3 Å². The maximum absolute atomic E-state index is 11.9.